The van der Waals surface area contributed by atoms with Gasteiger partial charge in [0.2, 0.25) is 0 Å². The summed E-state index contributed by atoms with van der Waals surface area (Å²) < 4.78 is 41.7. The number of ether oxygens (including phenoxy) is 7. The Morgan fingerprint density at radius 2 is 1.44 bits per heavy atom. The van der Waals surface area contributed by atoms with E-state index in [4.69, 9.17) is 38.2 Å². The Kier molecular flexibility index (Phi) is 15.5. The molecule has 0 saturated carbocycles. The van der Waals surface area contributed by atoms with Gasteiger partial charge in [-0.15, -0.1) is 0 Å². The zero-order valence-electron chi connectivity index (χ0n) is 40.5. The van der Waals surface area contributed by atoms with Crippen LogP contribution in [-0.4, -0.2) is 109 Å². The predicted octanol–water partition coefficient (Wildman–Crippen LogP) is 8.24. The minimum atomic E-state index is -0.941. The highest BCUT2D eigenvalue weighted by atomic mass is 16.5. The molecule has 3 atom stereocenters. The molecule has 0 fully saturated rings. The molecule has 0 aromatic heterocycles. The number of fused-ring (bicyclic) bond motifs is 8. The van der Waals surface area contributed by atoms with Gasteiger partial charge in [-0.1, -0.05) is 43.3 Å². The largest absolute Gasteiger partial charge is 0.493 e. The smallest absolute Gasteiger partial charge is 0.260 e. The van der Waals surface area contributed by atoms with Gasteiger partial charge in [0.05, 0.1) is 76.3 Å². The molecule has 0 aliphatic carbocycles. The SMILES string of the molecule is CCC(=O)CCCN(CCOCCOCCOC)c1cc(COc2cc3c(cc2OC)C(O)N2c4ccccc4C[C@H]2C=N3)cc(COc2cc3c(cc2OC)C(=O)N2c4ccccc4C[C@H]2CN3)c1. The number of rotatable bonds is 23. The lowest BCUT2D eigenvalue weighted by Crippen LogP contribution is -2.39. The molecular weight excluding hydrogens is 891 g/mol. The van der Waals surface area contributed by atoms with E-state index in [0.29, 0.717) is 117 Å². The number of Topliss-reactive ketones (excluding diaryl/α,β-unsaturated/α-hetero) is 1. The Morgan fingerprint density at radius 1 is 0.771 bits per heavy atom. The third-order valence-corrected chi connectivity index (χ3v) is 13.4. The van der Waals surface area contributed by atoms with Crippen molar-refractivity contribution in [3.05, 3.63) is 124 Å². The van der Waals surface area contributed by atoms with Gasteiger partial charge >= 0.3 is 0 Å². The number of aliphatic hydroxyl groups excluding tert-OH is 1. The Labute approximate surface area is 409 Å². The zero-order chi connectivity index (χ0) is 48.6. The van der Waals surface area contributed by atoms with E-state index in [2.05, 4.69) is 34.5 Å². The van der Waals surface area contributed by atoms with Crippen molar-refractivity contribution in [1.82, 2.24) is 0 Å². The second-order valence-corrected chi connectivity index (χ2v) is 17.9. The summed E-state index contributed by atoms with van der Waals surface area (Å²) in [5.74, 6) is 2.01. The quantitative estimate of drug-likeness (QED) is 0.0605. The molecule has 1 unspecified atom stereocenters. The summed E-state index contributed by atoms with van der Waals surface area (Å²) in [5, 5.41) is 15.3. The normalized spacial score (nSPS) is 17.3. The molecule has 1 amide bonds. The minimum absolute atomic E-state index is 0.0142. The fourth-order valence-corrected chi connectivity index (χ4v) is 9.83. The van der Waals surface area contributed by atoms with Gasteiger partial charge in [-0.05, 0) is 77.6 Å². The first-order valence-corrected chi connectivity index (χ1v) is 24.2. The van der Waals surface area contributed by atoms with E-state index >= 15 is 0 Å². The first-order valence-electron chi connectivity index (χ1n) is 24.2. The Balaban J connectivity index is 0.986. The summed E-state index contributed by atoms with van der Waals surface area (Å²) in [5.41, 5.74) is 9.32. The molecule has 15 nitrogen and oxygen atoms in total. The summed E-state index contributed by atoms with van der Waals surface area (Å²) in [6.07, 6.45) is 4.12. The van der Waals surface area contributed by atoms with Gasteiger partial charge in [0.25, 0.3) is 5.91 Å². The third kappa shape index (κ3) is 10.6. The second kappa shape index (κ2) is 22.4. The van der Waals surface area contributed by atoms with Crippen LogP contribution in [0, 0.1) is 0 Å². The van der Waals surface area contributed by atoms with Gasteiger partial charge < -0.3 is 58.3 Å². The van der Waals surface area contributed by atoms with Gasteiger partial charge in [-0.2, -0.15) is 0 Å². The maximum atomic E-state index is 14.2. The van der Waals surface area contributed by atoms with E-state index in [1.165, 1.54) is 5.56 Å². The van der Waals surface area contributed by atoms with Crippen LogP contribution < -0.4 is 39.0 Å². The highest BCUT2D eigenvalue weighted by molar-refractivity contribution is 6.12. The van der Waals surface area contributed by atoms with Crippen LogP contribution >= 0.6 is 0 Å². The van der Waals surface area contributed by atoms with E-state index in [-0.39, 0.29) is 37.0 Å². The molecule has 0 spiro atoms. The molecule has 0 saturated heterocycles. The number of amides is 1. The number of anilines is 4. The molecule has 4 aliphatic rings. The molecule has 2 N–H and O–H groups in total. The molecule has 5 aromatic rings. The van der Waals surface area contributed by atoms with E-state index in [0.717, 1.165) is 46.6 Å². The van der Waals surface area contributed by atoms with Crippen LogP contribution in [0.25, 0.3) is 0 Å². The first kappa shape index (κ1) is 48.4. The van der Waals surface area contributed by atoms with Crippen molar-refractivity contribution in [3.63, 3.8) is 0 Å². The summed E-state index contributed by atoms with van der Waals surface area (Å²) >= 11 is 0. The number of nitrogens with zero attached hydrogens (tertiary/aromatic N) is 4. The minimum Gasteiger partial charge on any atom is -0.493 e. The highest BCUT2D eigenvalue weighted by Gasteiger charge is 2.39. The van der Waals surface area contributed by atoms with Crippen LogP contribution in [-0.2, 0) is 45.1 Å². The van der Waals surface area contributed by atoms with Crippen molar-refractivity contribution in [2.24, 2.45) is 4.99 Å². The number of aliphatic hydroxyl groups is 1. The number of para-hydroxylation sites is 2. The van der Waals surface area contributed by atoms with Crippen molar-refractivity contribution in [2.45, 2.75) is 70.6 Å². The van der Waals surface area contributed by atoms with Crippen LogP contribution in [0.15, 0.2) is 96.0 Å². The lowest BCUT2D eigenvalue weighted by atomic mass is 10.1. The number of hydrogen-bond acceptors (Lipinski definition) is 14. The lowest BCUT2D eigenvalue weighted by Gasteiger charge is -2.29. The maximum Gasteiger partial charge on any atom is 0.260 e. The summed E-state index contributed by atoms with van der Waals surface area (Å²) in [4.78, 5) is 37.6. The Morgan fingerprint density at radius 3 is 2.17 bits per heavy atom. The molecule has 4 aliphatic heterocycles. The number of ketones is 1. The molecule has 15 heteroatoms. The molecule has 5 aromatic carbocycles. The van der Waals surface area contributed by atoms with Gasteiger partial charge in [-0.3, -0.25) is 14.6 Å². The Bertz CT molecular complexity index is 2690. The number of hydrogen-bond donors (Lipinski definition) is 2. The number of benzene rings is 5. The average molecular weight is 954 g/mol. The van der Waals surface area contributed by atoms with Gasteiger partial charge in [-0.25, -0.2) is 0 Å². The summed E-state index contributed by atoms with van der Waals surface area (Å²) in [6.45, 7) is 6.33. The van der Waals surface area contributed by atoms with E-state index in [9.17, 15) is 14.7 Å². The van der Waals surface area contributed by atoms with Crippen LogP contribution in [0.2, 0.25) is 0 Å². The van der Waals surface area contributed by atoms with E-state index < -0.39 is 6.23 Å². The molecule has 0 bridgehead atoms. The molecular formula is C55H63N5O10. The second-order valence-electron chi connectivity index (χ2n) is 17.9. The zero-order valence-corrected chi connectivity index (χ0v) is 40.5. The molecule has 4 heterocycles. The van der Waals surface area contributed by atoms with E-state index in [1.807, 2.05) is 83.6 Å². The molecule has 9 rings (SSSR count). The van der Waals surface area contributed by atoms with Crippen LogP contribution in [0.1, 0.15) is 70.6 Å². The monoisotopic (exact) mass is 953 g/mol. The van der Waals surface area contributed by atoms with Crippen molar-refractivity contribution < 1.29 is 47.9 Å². The summed E-state index contributed by atoms with van der Waals surface area (Å²) in [6, 6.07) is 29.6. The number of methoxy groups -OCH3 is 3. The van der Waals surface area contributed by atoms with Crippen LogP contribution in [0.3, 0.4) is 0 Å². The van der Waals surface area contributed by atoms with Crippen molar-refractivity contribution in [2.75, 3.05) is 94.0 Å². The van der Waals surface area contributed by atoms with Gasteiger partial charge in [0.15, 0.2) is 29.2 Å². The standard InChI is InChI=1S/C55H63N5O10/c1-5-43(61)13-10-16-58(17-18-67-21-22-68-20-19-64-2)40-24-36(34-69-52-30-46-44(28-50(52)65-3)54(62)59-41(32-56-46)26-38-11-6-8-14-48(38)59)23-37(25-40)35-70-53-31-47-45(29-51(53)66-4)55(63)60-42(33-57-47)27-39-12-7-9-15-49(39)60/h6-9,11-12,14-15,23-25,28-32,41-42,54,57,62H,5,10,13,16-22,26-27,33-35H2,1-4H3/t41-,42-,54?/m0/s1. The third-order valence-electron chi connectivity index (χ3n) is 13.4. The number of carbonyl (C=O) groups is 2. The summed E-state index contributed by atoms with van der Waals surface area (Å²) in [7, 11) is 4.81. The van der Waals surface area contributed by atoms with Crippen LogP contribution in [0.4, 0.5) is 28.4 Å². The van der Waals surface area contributed by atoms with Gasteiger partial charge in [0.1, 0.15) is 19.0 Å². The van der Waals surface area contributed by atoms with Crippen molar-refractivity contribution in [1.29, 1.82) is 0 Å². The topological polar surface area (TPSA) is 153 Å². The van der Waals surface area contributed by atoms with Crippen LogP contribution in [0.5, 0.6) is 23.0 Å². The fraction of sp³-hybridized carbons (Fsp3) is 0.400. The highest BCUT2D eigenvalue weighted by Crippen LogP contribution is 2.46. The number of nitrogens with one attached hydrogen (secondary N) is 1. The molecule has 368 valence electrons. The average Bonchev–Trinajstić information content (AvgIpc) is 3.88. The van der Waals surface area contributed by atoms with E-state index in [1.54, 1.807) is 27.4 Å². The van der Waals surface area contributed by atoms with Gasteiger partial charge in [0, 0.05) is 87.0 Å². The Hall–Kier alpha value is -6.65. The van der Waals surface area contributed by atoms with Crippen molar-refractivity contribution in [3.8, 4) is 23.0 Å². The number of carbonyl (C=O) groups excluding carboxylic acids is 2. The number of aliphatic imine (C=N–C) groups is 1. The van der Waals surface area contributed by atoms with Crippen molar-refractivity contribution >= 4 is 46.3 Å². The predicted molar refractivity (Wildman–Crippen MR) is 270 cm³/mol. The molecule has 70 heavy (non-hydrogen) atoms. The molecule has 0 radical (unpaired) electrons. The maximum absolute atomic E-state index is 14.2. The fourth-order valence-electron chi connectivity index (χ4n) is 9.83. The first-order chi connectivity index (χ1) is 34.3. The lowest BCUT2D eigenvalue weighted by molar-refractivity contribution is -0.118.